The van der Waals surface area contributed by atoms with E-state index in [4.69, 9.17) is 5.11 Å². The van der Waals surface area contributed by atoms with Crippen LogP contribution in [-0.4, -0.2) is 34.6 Å². The SMILES string of the molecule is C[C@@H](O)CNC(=O)C(=O)Nc1ccc(C(F)(F)F)nc1. The molecular weight excluding hydrogens is 279 g/mol. The number of aromatic nitrogens is 1. The van der Waals surface area contributed by atoms with Crippen molar-refractivity contribution in [3.8, 4) is 0 Å². The van der Waals surface area contributed by atoms with Crippen LogP contribution in [0.2, 0.25) is 0 Å². The van der Waals surface area contributed by atoms with E-state index in [9.17, 15) is 22.8 Å². The molecule has 0 saturated carbocycles. The average molecular weight is 291 g/mol. The summed E-state index contributed by atoms with van der Waals surface area (Å²) in [6, 6.07) is 1.67. The lowest BCUT2D eigenvalue weighted by molar-refractivity contribution is -0.141. The lowest BCUT2D eigenvalue weighted by atomic mass is 10.3. The van der Waals surface area contributed by atoms with Gasteiger partial charge in [-0.3, -0.25) is 9.59 Å². The predicted molar refractivity (Wildman–Crippen MR) is 62.6 cm³/mol. The van der Waals surface area contributed by atoms with Crippen LogP contribution in [0.1, 0.15) is 12.6 Å². The molecule has 1 atom stereocenters. The number of nitrogens with one attached hydrogen (secondary N) is 2. The molecule has 0 spiro atoms. The Kier molecular flexibility index (Phi) is 5.03. The summed E-state index contributed by atoms with van der Waals surface area (Å²) in [5, 5.41) is 13.1. The van der Waals surface area contributed by atoms with Gasteiger partial charge >= 0.3 is 18.0 Å². The smallest absolute Gasteiger partial charge is 0.392 e. The fourth-order valence-corrected chi connectivity index (χ4v) is 1.14. The van der Waals surface area contributed by atoms with Gasteiger partial charge in [0.25, 0.3) is 0 Å². The third-order valence-corrected chi connectivity index (χ3v) is 2.08. The molecule has 20 heavy (non-hydrogen) atoms. The zero-order valence-electron chi connectivity index (χ0n) is 10.4. The first-order chi connectivity index (χ1) is 9.20. The number of alkyl halides is 3. The summed E-state index contributed by atoms with van der Waals surface area (Å²) in [5.41, 5.74) is -1.15. The number of hydrogen-bond donors (Lipinski definition) is 3. The number of carbonyl (C=O) groups is 2. The Morgan fingerprint density at radius 1 is 1.35 bits per heavy atom. The highest BCUT2D eigenvalue weighted by molar-refractivity contribution is 6.39. The molecule has 3 N–H and O–H groups in total. The van der Waals surface area contributed by atoms with Crippen LogP contribution in [0, 0.1) is 0 Å². The standard InChI is InChI=1S/C11H12F3N3O3/c1-6(18)4-16-9(19)10(20)17-7-2-3-8(15-5-7)11(12,13)14/h2-3,5-6,18H,4H2,1H3,(H,16,19)(H,17,20)/t6-/m1/s1. The van der Waals surface area contributed by atoms with Crippen LogP contribution in [-0.2, 0) is 15.8 Å². The molecule has 110 valence electrons. The number of anilines is 1. The van der Waals surface area contributed by atoms with Crippen molar-refractivity contribution in [2.24, 2.45) is 0 Å². The first-order valence-corrected chi connectivity index (χ1v) is 5.50. The van der Waals surface area contributed by atoms with Crippen molar-refractivity contribution in [2.75, 3.05) is 11.9 Å². The zero-order valence-corrected chi connectivity index (χ0v) is 10.4. The molecule has 9 heteroatoms. The highest BCUT2D eigenvalue weighted by Crippen LogP contribution is 2.27. The maximum Gasteiger partial charge on any atom is 0.433 e. The van der Waals surface area contributed by atoms with Crippen molar-refractivity contribution in [2.45, 2.75) is 19.2 Å². The molecular formula is C11H12F3N3O3. The van der Waals surface area contributed by atoms with Crippen LogP contribution >= 0.6 is 0 Å². The minimum absolute atomic E-state index is 0.0461. The Morgan fingerprint density at radius 2 is 2.00 bits per heavy atom. The minimum atomic E-state index is -4.57. The van der Waals surface area contributed by atoms with Crippen LogP contribution in [0.25, 0.3) is 0 Å². The molecule has 0 bridgehead atoms. The Labute approximate surface area is 112 Å². The maximum atomic E-state index is 12.2. The Balaban J connectivity index is 2.60. The van der Waals surface area contributed by atoms with Gasteiger partial charge in [0.2, 0.25) is 0 Å². The van der Waals surface area contributed by atoms with Gasteiger partial charge in [-0.1, -0.05) is 0 Å². The van der Waals surface area contributed by atoms with Gasteiger partial charge in [0.1, 0.15) is 5.69 Å². The molecule has 0 aliphatic heterocycles. The van der Waals surface area contributed by atoms with Crippen molar-refractivity contribution in [1.82, 2.24) is 10.3 Å². The monoisotopic (exact) mass is 291 g/mol. The molecule has 0 aliphatic carbocycles. The van der Waals surface area contributed by atoms with E-state index in [-0.39, 0.29) is 12.2 Å². The van der Waals surface area contributed by atoms with Crippen LogP contribution < -0.4 is 10.6 Å². The average Bonchev–Trinajstić information content (AvgIpc) is 2.35. The fourth-order valence-electron chi connectivity index (χ4n) is 1.14. The van der Waals surface area contributed by atoms with Gasteiger partial charge in [-0.2, -0.15) is 13.2 Å². The highest BCUT2D eigenvalue weighted by atomic mass is 19.4. The number of halogens is 3. The normalized spacial score (nSPS) is 12.7. The van der Waals surface area contributed by atoms with Crippen LogP contribution in [0.3, 0.4) is 0 Å². The minimum Gasteiger partial charge on any atom is -0.392 e. The molecule has 6 nitrogen and oxygen atoms in total. The molecule has 1 heterocycles. The molecule has 1 aromatic rings. The van der Waals surface area contributed by atoms with Gasteiger partial charge < -0.3 is 15.7 Å². The summed E-state index contributed by atoms with van der Waals surface area (Å²) in [7, 11) is 0. The second kappa shape index (κ2) is 6.33. The summed E-state index contributed by atoms with van der Waals surface area (Å²) < 4.78 is 36.7. The molecule has 0 aliphatic rings. The number of hydrogen-bond acceptors (Lipinski definition) is 4. The van der Waals surface area contributed by atoms with Gasteiger partial charge in [0, 0.05) is 6.54 Å². The Bertz CT molecular complexity index is 486. The second-order valence-electron chi connectivity index (χ2n) is 3.94. The van der Waals surface area contributed by atoms with E-state index in [1.807, 2.05) is 0 Å². The Hall–Kier alpha value is -2.16. The lowest BCUT2D eigenvalue weighted by Crippen LogP contribution is -2.38. The van der Waals surface area contributed by atoms with Gasteiger partial charge in [-0.15, -0.1) is 0 Å². The van der Waals surface area contributed by atoms with E-state index in [0.29, 0.717) is 6.07 Å². The van der Waals surface area contributed by atoms with E-state index in [0.717, 1.165) is 12.3 Å². The predicted octanol–water partition coefficient (Wildman–Crippen LogP) is 0.536. The summed E-state index contributed by atoms with van der Waals surface area (Å²) >= 11 is 0. The number of aliphatic hydroxyl groups is 1. The van der Waals surface area contributed by atoms with Crippen molar-refractivity contribution in [1.29, 1.82) is 0 Å². The summed E-state index contributed by atoms with van der Waals surface area (Å²) in [5.74, 6) is -2.07. The van der Waals surface area contributed by atoms with Gasteiger partial charge in [0.15, 0.2) is 0 Å². The van der Waals surface area contributed by atoms with E-state index < -0.39 is 29.8 Å². The number of rotatable bonds is 3. The van der Waals surface area contributed by atoms with Crippen LogP contribution in [0.15, 0.2) is 18.3 Å². The maximum absolute atomic E-state index is 12.2. The molecule has 0 radical (unpaired) electrons. The van der Waals surface area contributed by atoms with E-state index in [1.54, 1.807) is 0 Å². The Morgan fingerprint density at radius 3 is 2.45 bits per heavy atom. The summed E-state index contributed by atoms with van der Waals surface area (Å²) in [6.07, 6.45) is -4.60. The lowest BCUT2D eigenvalue weighted by Gasteiger charge is -2.09. The second-order valence-corrected chi connectivity index (χ2v) is 3.94. The van der Waals surface area contributed by atoms with Crippen molar-refractivity contribution in [3.05, 3.63) is 24.0 Å². The van der Waals surface area contributed by atoms with Crippen molar-refractivity contribution >= 4 is 17.5 Å². The molecule has 0 fully saturated rings. The third kappa shape index (κ3) is 4.84. The summed E-state index contributed by atoms with van der Waals surface area (Å²) in [6.45, 7) is 1.30. The molecule has 0 saturated heterocycles. The zero-order chi connectivity index (χ0) is 15.3. The van der Waals surface area contributed by atoms with Crippen molar-refractivity contribution in [3.63, 3.8) is 0 Å². The first kappa shape index (κ1) is 15.9. The number of pyridine rings is 1. The highest BCUT2D eigenvalue weighted by Gasteiger charge is 2.32. The van der Waals surface area contributed by atoms with Crippen LogP contribution in [0.4, 0.5) is 18.9 Å². The molecule has 0 aromatic carbocycles. The van der Waals surface area contributed by atoms with Gasteiger partial charge in [-0.05, 0) is 19.1 Å². The molecule has 1 aromatic heterocycles. The van der Waals surface area contributed by atoms with Gasteiger partial charge in [-0.25, -0.2) is 4.98 Å². The molecule has 0 unspecified atom stereocenters. The molecule has 2 amide bonds. The van der Waals surface area contributed by atoms with E-state index >= 15 is 0 Å². The quantitative estimate of drug-likeness (QED) is 0.709. The number of amides is 2. The first-order valence-electron chi connectivity index (χ1n) is 5.50. The van der Waals surface area contributed by atoms with Crippen LogP contribution in [0.5, 0.6) is 0 Å². The largest absolute Gasteiger partial charge is 0.433 e. The van der Waals surface area contributed by atoms with E-state index in [1.165, 1.54) is 6.92 Å². The molecule has 1 rings (SSSR count). The summed E-state index contributed by atoms with van der Waals surface area (Å²) in [4.78, 5) is 25.7. The number of nitrogens with zero attached hydrogens (tertiary/aromatic N) is 1. The number of carbonyl (C=O) groups excluding carboxylic acids is 2. The topological polar surface area (TPSA) is 91.3 Å². The fraction of sp³-hybridized carbons (Fsp3) is 0.364. The van der Waals surface area contributed by atoms with Gasteiger partial charge in [0.05, 0.1) is 18.0 Å². The van der Waals surface area contributed by atoms with E-state index in [2.05, 4.69) is 15.6 Å². The third-order valence-electron chi connectivity index (χ3n) is 2.08. The van der Waals surface area contributed by atoms with Crippen molar-refractivity contribution < 1.29 is 27.9 Å². The number of aliphatic hydroxyl groups excluding tert-OH is 1.